The predicted molar refractivity (Wildman–Crippen MR) is 142 cm³/mol. The molecule has 1 unspecified atom stereocenters. The summed E-state index contributed by atoms with van der Waals surface area (Å²) in [6.45, 7) is 0.0997. The molecule has 3 amide bonds. The smallest absolute Gasteiger partial charge is 0.414 e. The van der Waals surface area contributed by atoms with Crippen molar-refractivity contribution in [2.45, 2.75) is 25.1 Å². The van der Waals surface area contributed by atoms with Crippen molar-refractivity contribution in [3.05, 3.63) is 45.4 Å². The fourth-order valence-electron chi connectivity index (χ4n) is 4.34. The van der Waals surface area contributed by atoms with E-state index in [1.165, 1.54) is 29.2 Å². The third-order valence-electron chi connectivity index (χ3n) is 6.22. The number of cyclic esters (lactones) is 1. The molecule has 12 nitrogen and oxygen atoms in total. The lowest BCUT2D eigenvalue weighted by Crippen LogP contribution is -2.56. The molecule has 2 aliphatic heterocycles. The Balaban J connectivity index is 1.52. The molecular formula is C25H26ClFN4O8S. The predicted octanol–water partition coefficient (Wildman–Crippen LogP) is 2.35. The first-order valence-corrected chi connectivity index (χ1v) is 13.5. The fourth-order valence-corrected chi connectivity index (χ4v) is 5.34. The highest BCUT2D eigenvalue weighted by atomic mass is 35.5. The summed E-state index contributed by atoms with van der Waals surface area (Å²) in [5, 5.41) is 12.6. The standard InChI is InChI=1S/C25H26ClFN4O8S/c26-20-6-5-19(40-20)23(34)31(22(24(35)36)28-7-1-2-9-32)13-16-12-30(25(37)39-16)18-4-3-15(11-17(18)27)29-8-10-38-14-21(29)33/h3-6,9,11,16,22,28H,1-2,7-8,10,12-14H2,(H,35,36)/t16-,22?/m1/s1. The summed E-state index contributed by atoms with van der Waals surface area (Å²) in [6.07, 6.45) is -2.13. The molecule has 1 aromatic carbocycles. The second kappa shape index (κ2) is 13.2. The third-order valence-corrected chi connectivity index (χ3v) is 7.44. The van der Waals surface area contributed by atoms with Gasteiger partial charge in [0.25, 0.3) is 11.8 Å². The molecule has 4 rings (SSSR count). The summed E-state index contributed by atoms with van der Waals surface area (Å²) < 4.78 is 25.9. The van der Waals surface area contributed by atoms with Gasteiger partial charge in [-0.1, -0.05) is 11.6 Å². The van der Waals surface area contributed by atoms with Gasteiger partial charge in [0, 0.05) is 18.7 Å². The van der Waals surface area contributed by atoms with Gasteiger partial charge in [0.2, 0.25) is 0 Å². The summed E-state index contributed by atoms with van der Waals surface area (Å²) in [4.78, 5) is 64.6. The highest BCUT2D eigenvalue weighted by Gasteiger charge is 2.39. The zero-order valence-electron chi connectivity index (χ0n) is 21.1. The molecule has 15 heteroatoms. The number of thiophene rings is 1. The van der Waals surface area contributed by atoms with E-state index in [2.05, 4.69) is 5.32 Å². The number of halogens is 2. The van der Waals surface area contributed by atoms with Crippen LogP contribution in [0.4, 0.5) is 20.6 Å². The zero-order chi connectivity index (χ0) is 28.8. The van der Waals surface area contributed by atoms with Crippen molar-refractivity contribution in [1.29, 1.82) is 0 Å². The third kappa shape index (κ3) is 6.75. The molecule has 214 valence electrons. The topological polar surface area (TPSA) is 146 Å². The Hall–Kier alpha value is -3.59. The highest BCUT2D eigenvalue weighted by Crippen LogP contribution is 2.30. The van der Waals surface area contributed by atoms with E-state index >= 15 is 4.39 Å². The maximum absolute atomic E-state index is 15.1. The number of amides is 3. The minimum absolute atomic E-state index is 0.0957. The molecule has 40 heavy (non-hydrogen) atoms. The summed E-state index contributed by atoms with van der Waals surface area (Å²) in [7, 11) is 0. The molecule has 0 radical (unpaired) electrons. The van der Waals surface area contributed by atoms with Gasteiger partial charge in [-0.3, -0.25) is 19.8 Å². The van der Waals surface area contributed by atoms with Crippen molar-refractivity contribution >= 4 is 64.5 Å². The van der Waals surface area contributed by atoms with Gasteiger partial charge in [-0.05, 0) is 43.3 Å². The van der Waals surface area contributed by atoms with Crippen LogP contribution in [0, 0.1) is 5.82 Å². The molecule has 0 aliphatic carbocycles. The lowest BCUT2D eigenvalue weighted by molar-refractivity contribution is -0.144. The van der Waals surface area contributed by atoms with Gasteiger partial charge >= 0.3 is 12.1 Å². The molecule has 0 bridgehead atoms. The SMILES string of the molecule is O=CCCCNC(C(=O)O)N(C[C@H]1CN(c2ccc(N3CCOCC3=O)cc2F)C(=O)O1)C(=O)c1ccc(Cl)s1. The lowest BCUT2D eigenvalue weighted by atomic mass is 10.2. The minimum atomic E-state index is -1.50. The molecular weight excluding hydrogens is 571 g/mol. The summed E-state index contributed by atoms with van der Waals surface area (Å²) in [6, 6.07) is 6.94. The Morgan fingerprint density at radius 1 is 1.27 bits per heavy atom. The van der Waals surface area contributed by atoms with Crippen LogP contribution in [-0.2, 0) is 23.9 Å². The van der Waals surface area contributed by atoms with Gasteiger partial charge in [-0.2, -0.15) is 0 Å². The molecule has 3 heterocycles. The molecule has 2 atom stereocenters. The summed E-state index contributed by atoms with van der Waals surface area (Å²) in [5.41, 5.74) is 0.219. The number of aliphatic carboxylic acids is 1. The van der Waals surface area contributed by atoms with Crippen LogP contribution in [0.15, 0.2) is 30.3 Å². The number of carboxylic acid groups (broad SMARTS) is 1. The van der Waals surface area contributed by atoms with Gasteiger partial charge in [-0.25, -0.2) is 14.0 Å². The number of aldehydes is 1. The molecule has 0 saturated carbocycles. The first-order chi connectivity index (χ1) is 19.2. The quantitative estimate of drug-likeness (QED) is 0.214. The number of carbonyl (C=O) groups excluding carboxylic acids is 4. The number of ether oxygens (including phenoxy) is 2. The Morgan fingerprint density at radius 2 is 2.08 bits per heavy atom. The monoisotopic (exact) mass is 596 g/mol. The van der Waals surface area contributed by atoms with Crippen molar-refractivity contribution in [2.75, 3.05) is 49.2 Å². The van der Waals surface area contributed by atoms with Crippen LogP contribution in [0.5, 0.6) is 0 Å². The number of hydrogen-bond donors (Lipinski definition) is 2. The maximum atomic E-state index is 15.1. The van der Waals surface area contributed by atoms with Crippen LogP contribution in [0.3, 0.4) is 0 Å². The van der Waals surface area contributed by atoms with E-state index < -0.39 is 36.1 Å². The molecule has 0 spiro atoms. The molecule has 1 aromatic heterocycles. The first kappa shape index (κ1) is 29.4. The molecule has 2 fully saturated rings. The van der Waals surface area contributed by atoms with Crippen molar-refractivity contribution in [3.63, 3.8) is 0 Å². The molecule has 2 aromatic rings. The van der Waals surface area contributed by atoms with Crippen molar-refractivity contribution in [1.82, 2.24) is 10.2 Å². The van der Waals surface area contributed by atoms with Gasteiger partial charge < -0.3 is 29.2 Å². The number of nitrogens with one attached hydrogen (secondary N) is 1. The van der Waals surface area contributed by atoms with E-state index in [9.17, 15) is 29.1 Å². The number of unbranched alkanes of at least 4 members (excludes halogenated alkanes) is 1. The van der Waals surface area contributed by atoms with Gasteiger partial charge in [0.15, 0.2) is 6.17 Å². The van der Waals surface area contributed by atoms with Crippen LogP contribution in [0.1, 0.15) is 22.5 Å². The summed E-state index contributed by atoms with van der Waals surface area (Å²) >= 11 is 6.93. The van der Waals surface area contributed by atoms with Crippen LogP contribution >= 0.6 is 22.9 Å². The molecule has 2 N–H and O–H groups in total. The Bertz CT molecular complexity index is 1290. The number of benzene rings is 1. The number of nitrogens with zero attached hydrogens (tertiary/aromatic N) is 3. The van der Waals surface area contributed by atoms with E-state index in [1.54, 1.807) is 0 Å². The van der Waals surface area contributed by atoms with Gasteiger partial charge in [0.1, 0.15) is 24.8 Å². The molecule has 2 saturated heterocycles. The number of morpholine rings is 1. The first-order valence-electron chi connectivity index (χ1n) is 12.3. The fraction of sp³-hybridized carbons (Fsp3) is 0.400. The lowest BCUT2D eigenvalue weighted by Gasteiger charge is -2.30. The number of anilines is 2. The Labute approximate surface area is 237 Å². The average molecular weight is 597 g/mol. The second-order valence-corrected chi connectivity index (χ2v) is 10.6. The summed E-state index contributed by atoms with van der Waals surface area (Å²) in [5.74, 6) is -3.10. The van der Waals surface area contributed by atoms with Crippen LogP contribution in [0.2, 0.25) is 4.34 Å². The van der Waals surface area contributed by atoms with E-state index in [0.29, 0.717) is 29.3 Å². The van der Waals surface area contributed by atoms with Crippen molar-refractivity contribution in [3.8, 4) is 0 Å². The van der Waals surface area contributed by atoms with E-state index in [-0.39, 0.29) is 55.7 Å². The number of carbonyl (C=O) groups is 5. The van der Waals surface area contributed by atoms with Crippen molar-refractivity contribution in [2.24, 2.45) is 0 Å². The maximum Gasteiger partial charge on any atom is 0.414 e. The average Bonchev–Trinajstić information content (AvgIpc) is 3.52. The Kier molecular flexibility index (Phi) is 9.68. The number of rotatable bonds is 12. The largest absolute Gasteiger partial charge is 0.479 e. The second-order valence-electron chi connectivity index (χ2n) is 8.92. The van der Waals surface area contributed by atoms with E-state index in [0.717, 1.165) is 27.2 Å². The van der Waals surface area contributed by atoms with Crippen LogP contribution in [0.25, 0.3) is 0 Å². The zero-order valence-corrected chi connectivity index (χ0v) is 22.7. The van der Waals surface area contributed by atoms with Crippen LogP contribution in [-0.4, -0.2) is 91.8 Å². The normalized spacial score (nSPS) is 18.0. The minimum Gasteiger partial charge on any atom is -0.479 e. The molecule has 2 aliphatic rings. The van der Waals surface area contributed by atoms with E-state index in [1.807, 2.05) is 0 Å². The Morgan fingerprint density at radius 3 is 2.73 bits per heavy atom. The van der Waals surface area contributed by atoms with E-state index in [4.69, 9.17) is 21.1 Å². The van der Waals surface area contributed by atoms with Gasteiger partial charge in [-0.15, -0.1) is 11.3 Å². The highest BCUT2D eigenvalue weighted by molar-refractivity contribution is 7.18. The van der Waals surface area contributed by atoms with Crippen LogP contribution < -0.4 is 15.1 Å². The number of carboxylic acids is 1. The van der Waals surface area contributed by atoms with Crippen molar-refractivity contribution < 1.29 is 42.9 Å². The number of hydrogen-bond acceptors (Lipinski definition) is 9. The van der Waals surface area contributed by atoms with Gasteiger partial charge in [0.05, 0.1) is 34.6 Å².